The third-order valence-electron chi connectivity index (χ3n) is 3.70. The number of aliphatic imine (C=N–C) groups is 1. The van der Waals surface area contributed by atoms with Gasteiger partial charge >= 0.3 is 6.09 Å². The highest BCUT2D eigenvalue weighted by Gasteiger charge is 2.23. The number of hydrogen-bond acceptors (Lipinski definition) is 4. The van der Waals surface area contributed by atoms with Crippen molar-refractivity contribution in [2.24, 2.45) is 4.99 Å². The fourth-order valence-corrected chi connectivity index (χ4v) is 2.54. The highest BCUT2D eigenvalue weighted by atomic mass is 16.5. The van der Waals surface area contributed by atoms with Gasteiger partial charge in [0.15, 0.2) is 0 Å². The molecule has 0 saturated carbocycles. The molecule has 1 aromatic carbocycles. The van der Waals surface area contributed by atoms with Crippen LogP contribution < -0.4 is 4.74 Å². The zero-order valence-corrected chi connectivity index (χ0v) is 11.7. The molecule has 2 aliphatic rings. The third-order valence-corrected chi connectivity index (χ3v) is 3.70. The predicted octanol–water partition coefficient (Wildman–Crippen LogP) is 1.98. The van der Waals surface area contributed by atoms with Crippen LogP contribution in [0.2, 0.25) is 0 Å². The summed E-state index contributed by atoms with van der Waals surface area (Å²) in [6, 6.07) is 7.68. The standard InChI is InChI=1S/C15H18N2O4/c18-15(19)17-8-5-13(6-9-17)21-12-3-1-11(2-4-12)14-16-7-10-20-14/h1-4,13H,5-10H2,(H,18,19). The number of benzene rings is 1. The minimum Gasteiger partial charge on any atom is -0.490 e. The Morgan fingerprint density at radius 2 is 2.00 bits per heavy atom. The van der Waals surface area contributed by atoms with E-state index in [2.05, 4.69) is 4.99 Å². The summed E-state index contributed by atoms with van der Waals surface area (Å²) in [5, 5.41) is 8.91. The lowest BCUT2D eigenvalue weighted by Crippen LogP contribution is -2.41. The van der Waals surface area contributed by atoms with Crippen LogP contribution in [0.25, 0.3) is 0 Å². The molecule has 3 rings (SSSR count). The Bertz CT molecular complexity index is 533. The van der Waals surface area contributed by atoms with Crippen LogP contribution in [-0.4, -0.2) is 54.3 Å². The van der Waals surface area contributed by atoms with E-state index >= 15 is 0 Å². The van der Waals surface area contributed by atoms with Gasteiger partial charge in [0.05, 0.1) is 6.54 Å². The smallest absolute Gasteiger partial charge is 0.407 e. The van der Waals surface area contributed by atoms with Crippen molar-refractivity contribution < 1.29 is 19.4 Å². The van der Waals surface area contributed by atoms with E-state index in [-0.39, 0.29) is 6.10 Å². The van der Waals surface area contributed by atoms with E-state index < -0.39 is 6.09 Å². The Balaban J connectivity index is 1.55. The molecule has 1 aromatic rings. The van der Waals surface area contributed by atoms with Gasteiger partial charge in [0, 0.05) is 31.5 Å². The molecule has 2 heterocycles. The van der Waals surface area contributed by atoms with Crippen LogP contribution >= 0.6 is 0 Å². The number of carboxylic acid groups (broad SMARTS) is 1. The van der Waals surface area contributed by atoms with Gasteiger partial charge in [0.25, 0.3) is 0 Å². The second-order valence-corrected chi connectivity index (χ2v) is 5.15. The van der Waals surface area contributed by atoms with E-state index in [1.165, 1.54) is 4.90 Å². The maximum atomic E-state index is 10.8. The Morgan fingerprint density at radius 1 is 1.29 bits per heavy atom. The second kappa shape index (κ2) is 6.03. The molecule has 1 fully saturated rings. The minimum atomic E-state index is -0.852. The van der Waals surface area contributed by atoms with Crippen molar-refractivity contribution in [1.29, 1.82) is 0 Å². The fraction of sp³-hybridized carbons (Fsp3) is 0.467. The molecular weight excluding hydrogens is 272 g/mol. The van der Waals surface area contributed by atoms with Gasteiger partial charge in [-0.05, 0) is 24.3 Å². The van der Waals surface area contributed by atoms with E-state index in [0.717, 1.165) is 30.7 Å². The Hall–Kier alpha value is -2.24. The van der Waals surface area contributed by atoms with Gasteiger partial charge in [-0.1, -0.05) is 0 Å². The monoisotopic (exact) mass is 290 g/mol. The summed E-state index contributed by atoms with van der Waals surface area (Å²) in [7, 11) is 0. The van der Waals surface area contributed by atoms with Crippen molar-refractivity contribution in [1.82, 2.24) is 4.90 Å². The van der Waals surface area contributed by atoms with Crippen LogP contribution in [0.15, 0.2) is 29.3 Å². The number of amides is 1. The van der Waals surface area contributed by atoms with Crippen LogP contribution in [0.4, 0.5) is 4.79 Å². The van der Waals surface area contributed by atoms with E-state index in [4.69, 9.17) is 14.6 Å². The Morgan fingerprint density at radius 3 is 2.57 bits per heavy atom. The molecule has 1 saturated heterocycles. The molecular formula is C15H18N2O4. The van der Waals surface area contributed by atoms with Gasteiger partial charge in [0.2, 0.25) is 5.90 Å². The molecule has 0 aliphatic carbocycles. The van der Waals surface area contributed by atoms with Gasteiger partial charge in [-0.2, -0.15) is 0 Å². The van der Waals surface area contributed by atoms with Gasteiger partial charge in [-0.15, -0.1) is 0 Å². The molecule has 21 heavy (non-hydrogen) atoms. The molecule has 0 aromatic heterocycles. The van der Waals surface area contributed by atoms with Crippen LogP contribution in [0.1, 0.15) is 18.4 Å². The number of carbonyl (C=O) groups is 1. The molecule has 2 aliphatic heterocycles. The average molecular weight is 290 g/mol. The summed E-state index contributed by atoms with van der Waals surface area (Å²) < 4.78 is 11.3. The predicted molar refractivity (Wildman–Crippen MR) is 77.0 cm³/mol. The Kier molecular flexibility index (Phi) is 3.94. The number of piperidine rings is 1. The van der Waals surface area contributed by atoms with Crippen LogP contribution in [-0.2, 0) is 4.74 Å². The van der Waals surface area contributed by atoms with Crippen LogP contribution in [0.5, 0.6) is 5.75 Å². The topological polar surface area (TPSA) is 71.4 Å². The zero-order valence-electron chi connectivity index (χ0n) is 11.7. The van der Waals surface area contributed by atoms with Crippen molar-refractivity contribution in [3.63, 3.8) is 0 Å². The largest absolute Gasteiger partial charge is 0.490 e. The quantitative estimate of drug-likeness (QED) is 0.924. The second-order valence-electron chi connectivity index (χ2n) is 5.15. The number of rotatable bonds is 3. The molecule has 6 heteroatoms. The van der Waals surface area contributed by atoms with Crippen molar-refractivity contribution in [3.05, 3.63) is 29.8 Å². The third kappa shape index (κ3) is 3.26. The number of hydrogen-bond donors (Lipinski definition) is 1. The lowest BCUT2D eigenvalue weighted by molar-refractivity contribution is 0.0895. The first-order chi connectivity index (χ1) is 10.2. The average Bonchev–Trinajstić information content (AvgIpc) is 3.03. The van der Waals surface area contributed by atoms with E-state index in [1.54, 1.807) is 0 Å². The van der Waals surface area contributed by atoms with Gasteiger partial charge in [-0.25, -0.2) is 9.79 Å². The number of likely N-dealkylation sites (tertiary alicyclic amines) is 1. The first-order valence-electron chi connectivity index (χ1n) is 7.14. The molecule has 1 N–H and O–H groups in total. The highest BCUT2D eigenvalue weighted by Crippen LogP contribution is 2.20. The fourth-order valence-electron chi connectivity index (χ4n) is 2.54. The van der Waals surface area contributed by atoms with E-state index in [1.807, 2.05) is 24.3 Å². The zero-order chi connectivity index (χ0) is 14.7. The SMILES string of the molecule is O=C(O)N1CCC(Oc2ccc(C3=NCCO3)cc2)CC1. The van der Waals surface area contributed by atoms with Gasteiger partial charge < -0.3 is 19.5 Å². The molecule has 0 spiro atoms. The minimum absolute atomic E-state index is 0.0755. The molecule has 0 atom stereocenters. The van der Waals surface area contributed by atoms with E-state index in [9.17, 15) is 4.79 Å². The van der Waals surface area contributed by atoms with Crippen molar-refractivity contribution in [2.45, 2.75) is 18.9 Å². The summed E-state index contributed by atoms with van der Waals surface area (Å²) >= 11 is 0. The molecule has 0 bridgehead atoms. The highest BCUT2D eigenvalue weighted by molar-refractivity contribution is 5.95. The molecule has 112 valence electrons. The van der Waals surface area contributed by atoms with Crippen molar-refractivity contribution >= 4 is 12.0 Å². The summed E-state index contributed by atoms with van der Waals surface area (Å²) in [4.78, 5) is 16.5. The summed E-state index contributed by atoms with van der Waals surface area (Å²) in [6.45, 7) is 2.43. The lowest BCUT2D eigenvalue weighted by atomic mass is 10.1. The van der Waals surface area contributed by atoms with Gasteiger partial charge in [0.1, 0.15) is 18.5 Å². The molecule has 0 radical (unpaired) electrons. The maximum absolute atomic E-state index is 10.8. The first-order valence-corrected chi connectivity index (χ1v) is 7.14. The number of nitrogens with zero attached hydrogens (tertiary/aromatic N) is 2. The summed E-state index contributed by atoms with van der Waals surface area (Å²) in [5.41, 5.74) is 0.959. The maximum Gasteiger partial charge on any atom is 0.407 e. The normalized spacial score (nSPS) is 19.0. The molecule has 0 unspecified atom stereocenters. The molecule has 6 nitrogen and oxygen atoms in total. The summed E-state index contributed by atoms with van der Waals surface area (Å²) in [6.07, 6.45) is 0.676. The van der Waals surface area contributed by atoms with E-state index in [0.29, 0.717) is 25.6 Å². The van der Waals surface area contributed by atoms with Gasteiger partial charge in [-0.3, -0.25) is 0 Å². The van der Waals surface area contributed by atoms with Crippen molar-refractivity contribution in [3.8, 4) is 5.75 Å². The summed E-state index contributed by atoms with van der Waals surface area (Å²) in [5.74, 6) is 1.49. The first kappa shape index (κ1) is 13.7. The van der Waals surface area contributed by atoms with Crippen molar-refractivity contribution in [2.75, 3.05) is 26.2 Å². The number of ether oxygens (including phenoxy) is 2. The van der Waals surface area contributed by atoms with Crippen LogP contribution in [0.3, 0.4) is 0 Å². The molecule has 1 amide bonds. The van der Waals surface area contributed by atoms with Crippen LogP contribution in [0, 0.1) is 0 Å². The lowest BCUT2D eigenvalue weighted by Gasteiger charge is -2.30. The Labute approximate surface area is 123 Å².